The third-order valence-corrected chi connectivity index (χ3v) is 6.34. The number of piperidine rings is 2. The molecule has 5 nitrogen and oxygen atoms in total. The quantitative estimate of drug-likeness (QED) is 0.848. The summed E-state index contributed by atoms with van der Waals surface area (Å²) in [7, 11) is -1.25. The van der Waals surface area contributed by atoms with E-state index in [2.05, 4.69) is 12.2 Å². The van der Waals surface area contributed by atoms with Gasteiger partial charge in [0, 0.05) is 26.2 Å². The summed E-state index contributed by atoms with van der Waals surface area (Å²) in [6.07, 6.45) is 4.10. The lowest BCUT2D eigenvalue weighted by molar-refractivity contribution is 0.226. The molecule has 0 aromatic heterocycles. The van der Waals surface area contributed by atoms with Crippen molar-refractivity contribution >= 4 is 22.6 Å². The van der Waals surface area contributed by atoms with Gasteiger partial charge in [0.1, 0.15) is 0 Å². The second kappa shape index (κ2) is 7.94. The number of nitrogens with zero attached hydrogens (tertiary/aromatic N) is 2. The molecular formula is C13H28ClN3O2S. The van der Waals surface area contributed by atoms with Crippen LogP contribution in [0.25, 0.3) is 0 Å². The zero-order valence-electron chi connectivity index (χ0n) is 12.5. The Labute approximate surface area is 129 Å². The average Bonchev–Trinajstić information content (AvgIpc) is 2.40. The van der Waals surface area contributed by atoms with Gasteiger partial charge in [-0.3, -0.25) is 0 Å². The first-order chi connectivity index (χ1) is 9.04. The van der Waals surface area contributed by atoms with Crippen LogP contribution in [0.3, 0.4) is 0 Å². The maximum Gasteiger partial charge on any atom is 0.281 e. The number of rotatable bonds is 4. The van der Waals surface area contributed by atoms with Gasteiger partial charge in [-0.15, -0.1) is 12.4 Å². The minimum Gasteiger partial charge on any atom is -0.319 e. The van der Waals surface area contributed by atoms with Crippen molar-refractivity contribution < 1.29 is 8.42 Å². The van der Waals surface area contributed by atoms with Gasteiger partial charge >= 0.3 is 0 Å². The van der Waals surface area contributed by atoms with Crippen molar-refractivity contribution in [2.75, 3.05) is 39.8 Å². The summed E-state index contributed by atoms with van der Waals surface area (Å²) < 4.78 is 28.6. The van der Waals surface area contributed by atoms with E-state index in [0.29, 0.717) is 38.0 Å². The molecule has 2 rings (SSSR count). The summed E-state index contributed by atoms with van der Waals surface area (Å²) in [6.45, 7) is 5.89. The van der Waals surface area contributed by atoms with Crippen molar-refractivity contribution in [3.63, 3.8) is 0 Å². The van der Waals surface area contributed by atoms with E-state index in [-0.39, 0.29) is 12.4 Å². The van der Waals surface area contributed by atoms with E-state index in [9.17, 15) is 8.42 Å². The molecule has 0 spiro atoms. The SMILES string of the molecule is CNCC1CCN(S(=O)(=O)N2CCCC(C)C2)CC1.Cl. The van der Waals surface area contributed by atoms with Gasteiger partial charge in [0.25, 0.3) is 10.2 Å². The minimum atomic E-state index is -3.21. The van der Waals surface area contributed by atoms with Crippen molar-refractivity contribution in [3.05, 3.63) is 0 Å². The zero-order valence-corrected chi connectivity index (χ0v) is 14.2. The molecule has 2 saturated heterocycles. The zero-order chi connectivity index (χ0) is 13.9. The largest absolute Gasteiger partial charge is 0.319 e. The molecule has 1 atom stereocenters. The number of halogens is 1. The molecule has 0 aliphatic carbocycles. The van der Waals surface area contributed by atoms with Gasteiger partial charge in [-0.25, -0.2) is 0 Å². The molecule has 7 heteroatoms. The molecule has 120 valence electrons. The molecule has 0 radical (unpaired) electrons. The van der Waals surface area contributed by atoms with Crippen molar-refractivity contribution in [1.29, 1.82) is 0 Å². The van der Waals surface area contributed by atoms with E-state index in [4.69, 9.17) is 0 Å². The van der Waals surface area contributed by atoms with Crippen LogP contribution >= 0.6 is 12.4 Å². The monoisotopic (exact) mass is 325 g/mol. The highest BCUT2D eigenvalue weighted by Gasteiger charge is 2.34. The highest BCUT2D eigenvalue weighted by Crippen LogP contribution is 2.24. The van der Waals surface area contributed by atoms with Crippen molar-refractivity contribution in [2.45, 2.75) is 32.6 Å². The smallest absolute Gasteiger partial charge is 0.281 e. The van der Waals surface area contributed by atoms with E-state index in [0.717, 1.165) is 32.2 Å². The fourth-order valence-corrected chi connectivity index (χ4v) is 4.95. The van der Waals surface area contributed by atoms with Gasteiger partial charge < -0.3 is 5.32 Å². The lowest BCUT2D eigenvalue weighted by Crippen LogP contribution is -2.50. The van der Waals surface area contributed by atoms with E-state index in [1.807, 2.05) is 7.05 Å². The normalized spacial score (nSPS) is 27.2. The standard InChI is InChI=1S/C13H27N3O2S.ClH/c1-12-4-3-7-16(11-12)19(17,18)15-8-5-13(6-9-15)10-14-2;/h12-14H,3-11H2,1-2H3;1H. The Balaban J connectivity index is 0.00000200. The molecule has 2 heterocycles. The van der Waals surface area contributed by atoms with Crippen LogP contribution in [0.15, 0.2) is 0 Å². The summed E-state index contributed by atoms with van der Waals surface area (Å²) >= 11 is 0. The van der Waals surface area contributed by atoms with Gasteiger partial charge in [-0.2, -0.15) is 17.0 Å². The predicted octanol–water partition coefficient (Wildman–Crippen LogP) is 1.32. The molecule has 2 aliphatic heterocycles. The molecule has 0 amide bonds. The molecule has 0 saturated carbocycles. The van der Waals surface area contributed by atoms with Crippen LogP contribution in [-0.4, -0.2) is 56.8 Å². The summed E-state index contributed by atoms with van der Waals surface area (Å²) in [6, 6.07) is 0. The fraction of sp³-hybridized carbons (Fsp3) is 1.00. The Morgan fingerprint density at radius 1 is 1.10 bits per heavy atom. The molecule has 20 heavy (non-hydrogen) atoms. The summed E-state index contributed by atoms with van der Waals surface area (Å²) in [5.74, 6) is 1.11. The van der Waals surface area contributed by atoms with Crippen LogP contribution in [0.4, 0.5) is 0 Å². The van der Waals surface area contributed by atoms with Gasteiger partial charge in [0.15, 0.2) is 0 Å². The molecule has 0 aromatic carbocycles. The van der Waals surface area contributed by atoms with E-state index in [1.54, 1.807) is 8.61 Å². The highest BCUT2D eigenvalue weighted by molar-refractivity contribution is 7.86. The second-order valence-corrected chi connectivity index (χ2v) is 7.94. The van der Waals surface area contributed by atoms with E-state index in [1.165, 1.54) is 0 Å². The first-order valence-electron chi connectivity index (χ1n) is 7.44. The van der Waals surface area contributed by atoms with Crippen LogP contribution in [0.2, 0.25) is 0 Å². The van der Waals surface area contributed by atoms with Crippen LogP contribution in [-0.2, 0) is 10.2 Å². The van der Waals surface area contributed by atoms with Gasteiger partial charge in [-0.1, -0.05) is 6.92 Å². The molecule has 1 unspecified atom stereocenters. The Morgan fingerprint density at radius 3 is 2.30 bits per heavy atom. The molecular weight excluding hydrogens is 298 g/mol. The van der Waals surface area contributed by atoms with Crippen LogP contribution in [0, 0.1) is 11.8 Å². The summed E-state index contributed by atoms with van der Waals surface area (Å²) in [4.78, 5) is 0. The van der Waals surface area contributed by atoms with E-state index < -0.39 is 10.2 Å². The Morgan fingerprint density at radius 2 is 1.75 bits per heavy atom. The van der Waals surface area contributed by atoms with Gasteiger partial charge in [0.05, 0.1) is 0 Å². The van der Waals surface area contributed by atoms with Crippen LogP contribution < -0.4 is 5.32 Å². The van der Waals surface area contributed by atoms with Gasteiger partial charge in [-0.05, 0) is 51.1 Å². The molecule has 0 aromatic rings. The average molecular weight is 326 g/mol. The Kier molecular flexibility index (Phi) is 7.21. The third kappa shape index (κ3) is 4.31. The number of nitrogens with one attached hydrogen (secondary N) is 1. The maximum absolute atomic E-state index is 12.6. The number of hydrogen-bond donors (Lipinski definition) is 1. The fourth-order valence-electron chi connectivity index (χ4n) is 3.15. The third-order valence-electron chi connectivity index (χ3n) is 4.34. The highest BCUT2D eigenvalue weighted by atomic mass is 35.5. The topological polar surface area (TPSA) is 52.7 Å². The predicted molar refractivity (Wildman–Crippen MR) is 84.4 cm³/mol. The molecule has 2 aliphatic rings. The molecule has 1 N–H and O–H groups in total. The Hall–Kier alpha value is 0.120. The lowest BCUT2D eigenvalue weighted by Gasteiger charge is -2.37. The minimum absolute atomic E-state index is 0. The summed E-state index contributed by atoms with van der Waals surface area (Å²) in [5.41, 5.74) is 0. The number of hydrogen-bond acceptors (Lipinski definition) is 3. The van der Waals surface area contributed by atoms with Crippen molar-refractivity contribution in [1.82, 2.24) is 13.9 Å². The molecule has 2 fully saturated rings. The van der Waals surface area contributed by atoms with E-state index >= 15 is 0 Å². The van der Waals surface area contributed by atoms with Crippen LogP contribution in [0.1, 0.15) is 32.6 Å². The van der Waals surface area contributed by atoms with Crippen molar-refractivity contribution in [2.24, 2.45) is 11.8 Å². The molecule has 0 bridgehead atoms. The summed E-state index contributed by atoms with van der Waals surface area (Å²) in [5, 5.41) is 3.18. The van der Waals surface area contributed by atoms with Crippen molar-refractivity contribution in [3.8, 4) is 0 Å². The second-order valence-electron chi connectivity index (χ2n) is 6.01. The first-order valence-corrected chi connectivity index (χ1v) is 8.83. The lowest BCUT2D eigenvalue weighted by atomic mass is 9.98. The first kappa shape index (κ1) is 18.2. The maximum atomic E-state index is 12.6. The van der Waals surface area contributed by atoms with Gasteiger partial charge in [0.2, 0.25) is 0 Å². The van der Waals surface area contributed by atoms with Crippen LogP contribution in [0.5, 0.6) is 0 Å². The Bertz CT molecular complexity index is 383.